The van der Waals surface area contributed by atoms with Gasteiger partial charge in [-0.2, -0.15) is 0 Å². The van der Waals surface area contributed by atoms with Crippen LogP contribution >= 0.6 is 0 Å². The fourth-order valence-corrected chi connectivity index (χ4v) is 1.81. The lowest BCUT2D eigenvalue weighted by atomic mass is 10.2. The summed E-state index contributed by atoms with van der Waals surface area (Å²) in [5.41, 5.74) is 5.47. The topological polar surface area (TPSA) is 90.1 Å². The number of rotatable bonds is 1. The standard InChI is InChI=1S/C10H15N3O3/c1-5-4-13(10(15)12-9(5)14)8-3-7(11)6(2)16-8/h4,6-8H,3,11H2,1-2H3,(H,12,14,15)/t6?,7-,8-/m1/s1. The van der Waals surface area contributed by atoms with Gasteiger partial charge < -0.3 is 10.5 Å². The van der Waals surface area contributed by atoms with Gasteiger partial charge in [0.05, 0.1) is 6.10 Å². The van der Waals surface area contributed by atoms with Crippen molar-refractivity contribution in [2.45, 2.75) is 38.6 Å². The van der Waals surface area contributed by atoms with Crippen molar-refractivity contribution < 1.29 is 4.74 Å². The van der Waals surface area contributed by atoms with Crippen LogP contribution in [-0.2, 0) is 4.74 Å². The highest BCUT2D eigenvalue weighted by Crippen LogP contribution is 2.25. The molecule has 3 atom stereocenters. The highest BCUT2D eigenvalue weighted by molar-refractivity contribution is 5.02. The molecule has 1 aromatic heterocycles. The molecule has 0 aromatic carbocycles. The second-order valence-electron chi connectivity index (χ2n) is 4.17. The Balaban J connectivity index is 2.39. The largest absolute Gasteiger partial charge is 0.353 e. The summed E-state index contributed by atoms with van der Waals surface area (Å²) >= 11 is 0. The van der Waals surface area contributed by atoms with E-state index in [2.05, 4.69) is 4.98 Å². The average molecular weight is 225 g/mol. The molecule has 1 saturated heterocycles. The first-order chi connectivity index (χ1) is 7.49. The molecule has 1 aliphatic rings. The molecule has 2 heterocycles. The van der Waals surface area contributed by atoms with Crippen LogP contribution in [0, 0.1) is 6.92 Å². The first-order valence-electron chi connectivity index (χ1n) is 5.22. The van der Waals surface area contributed by atoms with Crippen LogP contribution in [0.1, 0.15) is 25.1 Å². The monoisotopic (exact) mass is 225 g/mol. The lowest BCUT2D eigenvalue weighted by Crippen LogP contribution is -2.33. The Morgan fingerprint density at radius 2 is 2.25 bits per heavy atom. The van der Waals surface area contributed by atoms with Gasteiger partial charge in [-0.25, -0.2) is 4.79 Å². The van der Waals surface area contributed by atoms with Gasteiger partial charge in [-0.3, -0.25) is 14.3 Å². The second-order valence-corrected chi connectivity index (χ2v) is 4.17. The zero-order valence-corrected chi connectivity index (χ0v) is 9.27. The molecule has 6 heteroatoms. The number of aryl methyl sites for hydroxylation is 1. The molecule has 0 amide bonds. The summed E-state index contributed by atoms with van der Waals surface area (Å²) in [6.07, 6.45) is 1.63. The molecule has 0 bridgehead atoms. The summed E-state index contributed by atoms with van der Waals surface area (Å²) in [6, 6.07) is -0.0795. The smallest absolute Gasteiger partial charge is 0.330 e. The highest BCUT2D eigenvalue weighted by Gasteiger charge is 2.31. The van der Waals surface area contributed by atoms with Crippen LogP contribution in [0.5, 0.6) is 0 Å². The Hall–Kier alpha value is -1.40. The molecule has 6 nitrogen and oxygen atoms in total. The maximum atomic E-state index is 11.6. The van der Waals surface area contributed by atoms with Crippen LogP contribution in [-0.4, -0.2) is 21.7 Å². The van der Waals surface area contributed by atoms with Crippen molar-refractivity contribution >= 4 is 0 Å². The van der Waals surface area contributed by atoms with E-state index in [4.69, 9.17) is 10.5 Å². The third-order valence-electron chi connectivity index (χ3n) is 2.90. The van der Waals surface area contributed by atoms with Gasteiger partial charge in [-0.1, -0.05) is 0 Å². The van der Waals surface area contributed by atoms with Crippen molar-refractivity contribution in [3.8, 4) is 0 Å². The van der Waals surface area contributed by atoms with Crippen molar-refractivity contribution in [3.05, 3.63) is 32.6 Å². The molecule has 1 fully saturated rings. The summed E-state index contributed by atoms with van der Waals surface area (Å²) < 4.78 is 6.94. The van der Waals surface area contributed by atoms with Gasteiger partial charge >= 0.3 is 5.69 Å². The van der Waals surface area contributed by atoms with E-state index >= 15 is 0 Å². The molecule has 0 saturated carbocycles. The number of aromatic amines is 1. The minimum atomic E-state index is -0.457. The third kappa shape index (κ3) is 1.81. The van der Waals surface area contributed by atoms with Crippen LogP contribution in [0.2, 0.25) is 0 Å². The highest BCUT2D eigenvalue weighted by atomic mass is 16.5. The predicted molar refractivity (Wildman–Crippen MR) is 58.2 cm³/mol. The minimum Gasteiger partial charge on any atom is -0.353 e. The molecule has 0 spiro atoms. The fourth-order valence-electron chi connectivity index (χ4n) is 1.81. The van der Waals surface area contributed by atoms with Gasteiger partial charge in [0.2, 0.25) is 0 Å². The van der Waals surface area contributed by atoms with Crippen LogP contribution < -0.4 is 17.0 Å². The normalized spacial score (nSPS) is 29.6. The number of ether oxygens (including phenoxy) is 1. The summed E-state index contributed by atoms with van der Waals surface area (Å²) in [5.74, 6) is 0. The Labute approximate surface area is 92.0 Å². The molecular formula is C10H15N3O3. The van der Waals surface area contributed by atoms with Gasteiger partial charge in [-0.05, 0) is 13.8 Å². The SMILES string of the molecule is Cc1cn([C@H]2C[C@@H](N)C(C)O2)c(=O)[nH]c1=O. The van der Waals surface area contributed by atoms with Crippen molar-refractivity contribution in [3.63, 3.8) is 0 Å². The molecule has 1 aromatic rings. The van der Waals surface area contributed by atoms with E-state index in [1.807, 2.05) is 6.92 Å². The number of nitrogens with two attached hydrogens (primary N) is 1. The number of H-pyrrole nitrogens is 1. The van der Waals surface area contributed by atoms with Crippen LogP contribution in [0.15, 0.2) is 15.8 Å². The summed E-state index contributed by atoms with van der Waals surface area (Å²) in [7, 11) is 0. The van der Waals surface area contributed by atoms with Crippen LogP contribution in [0.3, 0.4) is 0 Å². The first-order valence-corrected chi connectivity index (χ1v) is 5.22. The van der Waals surface area contributed by atoms with Gasteiger partial charge in [0, 0.05) is 24.2 Å². The molecule has 0 aliphatic carbocycles. The fraction of sp³-hybridized carbons (Fsp3) is 0.600. The lowest BCUT2D eigenvalue weighted by Gasteiger charge is -2.13. The molecule has 0 radical (unpaired) electrons. The lowest BCUT2D eigenvalue weighted by molar-refractivity contribution is 0.00598. The van der Waals surface area contributed by atoms with Gasteiger partial charge in [0.1, 0.15) is 6.23 Å². The Kier molecular flexibility index (Phi) is 2.69. The maximum Gasteiger partial charge on any atom is 0.330 e. The number of hydrogen-bond donors (Lipinski definition) is 2. The van der Waals surface area contributed by atoms with Crippen LogP contribution in [0.4, 0.5) is 0 Å². The number of nitrogens with zero attached hydrogens (tertiary/aromatic N) is 1. The molecule has 88 valence electrons. The second kappa shape index (κ2) is 3.88. The van der Waals surface area contributed by atoms with Crippen molar-refractivity contribution in [1.82, 2.24) is 9.55 Å². The Morgan fingerprint density at radius 1 is 1.56 bits per heavy atom. The van der Waals surface area contributed by atoms with Crippen molar-refractivity contribution in [2.75, 3.05) is 0 Å². The average Bonchev–Trinajstić information content (AvgIpc) is 2.53. The number of nitrogens with one attached hydrogen (secondary N) is 1. The van der Waals surface area contributed by atoms with E-state index in [1.165, 1.54) is 10.8 Å². The predicted octanol–water partition coefficient (Wildman–Crippen LogP) is -0.520. The summed E-state index contributed by atoms with van der Waals surface area (Å²) in [6.45, 7) is 3.52. The van der Waals surface area contributed by atoms with E-state index < -0.39 is 5.69 Å². The third-order valence-corrected chi connectivity index (χ3v) is 2.90. The summed E-state index contributed by atoms with van der Waals surface area (Å²) in [5, 5.41) is 0. The van der Waals surface area contributed by atoms with E-state index in [1.54, 1.807) is 6.92 Å². The Bertz CT molecular complexity index is 495. The van der Waals surface area contributed by atoms with E-state index in [-0.39, 0.29) is 23.9 Å². The first kappa shape index (κ1) is 11.1. The molecular weight excluding hydrogens is 210 g/mol. The maximum absolute atomic E-state index is 11.6. The van der Waals surface area contributed by atoms with Crippen molar-refractivity contribution in [2.24, 2.45) is 5.73 Å². The quantitative estimate of drug-likeness (QED) is 0.673. The molecule has 3 N–H and O–H groups in total. The van der Waals surface area contributed by atoms with Gasteiger partial charge in [0.15, 0.2) is 0 Å². The number of hydrogen-bond acceptors (Lipinski definition) is 4. The zero-order valence-electron chi connectivity index (χ0n) is 9.27. The molecule has 16 heavy (non-hydrogen) atoms. The zero-order chi connectivity index (χ0) is 11.9. The van der Waals surface area contributed by atoms with Gasteiger partial charge in [-0.15, -0.1) is 0 Å². The Morgan fingerprint density at radius 3 is 2.81 bits per heavy atom. The molecule has 2 rings (SSSR count). The molecule has 1 aliphatic heterocycles. The van der Waals surface area contributed by atoms with E-state index in [0.717, 1.165) is 0 Å². The van der Waals surface area contributed by atoms with E-state index in [0.29, 0.717) is 12.0 Å². The summed E-state index contributed by atoms with van der Waals surface area (Å²) in [4.78, 5) is 25.0. The minimum absolute atomic E-state index is 0.0795. The molecule has 1 unspecified atom stereocenters. The number of aromatic nitrogens is 2. The van der Waals surface area contributed by atoms with Gasteiger partial charge in [0.25, 0.3) is 5.56 Å². The van der Waals surface area contributed by atoms with Crippen LogP contribution in [0.25, 0.3) is 0 Å². The van der Waals surface area contributed by atoms with Crippen molar-refractivity contribution in [1.29, 1.82) is 0 Å². The van der Waals surface area contributed by atoms with E-state index in [9.17, 15) is 9.59 Å².